The van der Waals surface area contributed by atoms with Crippen molar-refractivity contribution in [1.82, 2.24) is 14.8 Å². The lowest BCUT2D eigenvalue weighted by atomic mass is 10.1. The van der Waals surface area contributed by atoms with Crippen molar-refractivity contribution in [3.05, 3.63) is 46.8 Å². The fourth-order valence-electron chi connectivity index (χ4n) is 3.26. The van der Waals surface area contributed by atoms with Crippen LogP contribution in [0.1, 0.15) is 40.2 Å². The summed E-state index contributed by atoms with van der Waals surface area (Å²) in [6.07, 6.45) is 2.71. The lowest BCUT2D eigenvalue weighted by Crippen LogP contribution is -2.49. The third-order valence-corrected chi connectivity index (χ3v) is 7.24. The number of amides is 1. The molecular formula is C19H25N3O4S2. The molecule has 1 N–H and O–H groups in total. The fourth-order valence-corrected chi connectivity index (χ4v) is 5.38. The molecule has 1 aromatic carbocycles. The molecule has 0 aliphatic carbocycles. The minimum Gasteiger partial charge on any atom is -0.361 e. The van der Waals surface area contributed by atoms with Crippen LogP contribution in [-0.4, -0.2) is 49.2 Å². The first-order chi connectivity index (χ1) is 13.3. The maximum atomic E-state index is 12.9. The highest BCUT2D eigenvalue weighted by atomic mass is 32.2. The molecule has 0 saturated carbocycles. The number of piperidine rings is 1. The zero-order chi connectivity index (χ0) is 20.3. The van der Waals surface area contributed by atoms with Gasteiger partial charge < -0.3 is 9.84 Å². The Morgan fingerprint density at radius 1 is 1.36 bits per heavy atom. The average Bonchev–Trinajstić information content (AvgIpc) is 2.97. The summed E-state index contributed by atoms with van der Waals surface area (Å²) in [5.41, 5.74) is 2.49. The van der Waals surface area contributed by atoms with Crippen molar-refractivity contribution in [2.75, 3.05) is 19.3 Å². The van der Waals surface area contributed by atoms with Gasteiger partial charge in [0, 0.05) is 35.3 Å². The number of rotatable bonds is 6. The second kappa shape index (κ2) is 8.67. The standard InChI is InChI=1S/C19H25N3O4S2/c1-13-17(14(2)26-21-13)12-27-18-9-5-4-8-16(18)19(23)20-15-7-6-10-22(11-15)28(3,24)25/h4-5,8-9,15H,6-7,10-12H2,1-3H3,(H,20,23)/t15-/m0/s1. The monoisotopic (exact) mass is 423 g/mol. The van der Waals surface area contributed by atoms with E-state index < -0.39 is 10.0 Å². The van der Waals surface area contributed by atoms with Crippen LogP contribution >= 0.6 is 11.8 Å². The summed E-state index contributed by atoms with van der Waals surface area (Å²) in [5.74, 6) is 1.27. The van der Waals surface area contributed by atoms with E-state index in [-0.39, 0.29) is 11.9 Å². The molecule has 1 amide bonds. The number of thioether (sulfide) groups is 1. The van der Waals surface area contributed by atoms with Gasteiger partial charge in [-0.3, -0.25) is 4.79 Å². The second-order valence-corrected chi connectivity index (χ2v) is 10.0. The first-order valence-corrected chi connectivity index (χ1v) is 12.0. The van der Waals surface area contributed by atoms with Gasteiger partial charge in [-0.15, -0.1) is 11.8 Å². The van der Waals surface area contributed by atoms with E-state index in [0.717, 1.165) is 34.8 Å². The molecule has 7 nitrogen and oxygen atoms in total. The third-order valence-electron chi connectivity index (χ3n) is 4.87. The van der Waals surface area contributed by atoms with Gasteiger partial charge in [-0.25, -0.2) is 12.7 Å². The Bertz CT molecular complexity index is 936. The molecule has 2 aromatic rings. The topological polar surface area (TPSA) is 92.5 Å². The van der Waals surface area contributed by atoms with Crippen molar-refractivity contribution >= 4 is 27.7 Å². The summed E-state index contributed by atoms with van der Waals surface area (Å²) < 4.78 is 30.2. The van der Waals surface area contributed by atoms with Crippen LogP contribution in [0.4, 0.5) is 0 Å². The highest BCUT2D eigenvalue weighted by Crippen LogP contribution is 2.29. The van der Waals surface area contributed by atoms with Crippen LogP contribution in [0.25, 0.3) is 0 Å². The van der Waals surface area contributed by atoms with E-state index in [4.69, 9.17) is 4.52 Å². The zero-order valence-electron chi connectivity index (χ0n) is 16.3. The fraction of sp³-hybridized carbons (Fsp3) is 0.474. The Balaban J connectivity index is 1.69. The summed E-state index contributed by atoms with van der Waals surface area (Å²) in [7, 11) is -3.25. The molecule has 1 aliphatic heterocycles. The van der Waals surface area contributed by atoms with Crippen molar-refractivity contribution in [2.45, 2.75) is 43.4 Å². The molecule has 0 unspecified atom stereocenters. The van der Waals surface area contributed by atoms with Crippen LogP contribution in [-0.2, 0) is 15.8 Å². The maximum Gasteiger partial charge on any atom is 0.252 e. The Hall–Kier alpha value is -1.84. The van der Waals surface area contributed by atoms with Gasteiger partial charge in [0.15, 0.2) is 0 Å². The van der Waals surface area contributed by atoms with E-state index in [1.165, 1.54) is 10.6 Å². The van der Waals surface area contributed by atoms with Crippen LogP contribution in [0, 0.1) is 13.8 Å². The summed E-state index contributed by atoms with van der Waals surface area (Å²) in [6.45, 7) is 4.61. The van der Waals surface area contributed by atoms with Crippen molar-refractivity contribution in [1.29, 1.82) is 0 Å². The Morgan fingerprint density at radius 3 is 2.79 bits per heavy atom. The van der Waals surface area contributed by atoms with E-state index in [0.29, 0.717) is 24.4 Å². The molecule has 1 atom stereocenters. The molecule has 1 aromatic heterocycles. The molecular weight excluding hydrogens is 398 g/mol. The normalized spacial score (nSPS) is 18.2. The minimum absolute atomic E-state index is 0.179. The largest absolute Gasteiger partial charge is 0.361 e. The average molecular weight is 424 g/mol. The van der Waals surface area contributed by atoms with Crippen molar-refractivity contribution in [3.63, 3.8) is 0 Å². The molecule has 2 heterocycles. The van der Waals surface area contributed by atoms with Crippen molar-refractivity contribution in [3.8, 4) is 0 Å². The Morgan fingerprint density at radius 2 is 2.11 bits per heavy atom. The van der Waals surface area contributed by atoms with E-state index in [1.54, 1.807) is 17.8 Å². The Labute approximate surface area is 169 Å². The summed E-state index contributed by atoms with van der Waals surface area (Å²) >= 11 is 1.56. The number of nitrogens with zero attached hydrogens (tertiary/aromatic N) is 2. The maximum absolute atomic E-state index is 12.9. The van der Waals surface area contributed by atoms with Crippen LogP contribution in [0.3, 0.4) is 0 Å². The van der Waals surface area contributed by atoms with Gasteiger partial charge in [-0.05, 0) is 38.8 Å². The highest BCUT2D eigenvalue weighted by molar-refractivity contribution is 7.98. The Kier molecular flexibility index (Phi) is 6.47. The molecule has 0 spiro atoms. The van der Waals surface area contributed by atoms with E-state index in [1.807, 2.05) is 32.0 Å². The van der Waals surface area contributed by atoms with E-state index in [2.05, 4.69) is 10.5 Å². The van der Waals surface area contributed by atoms with Gasteiger partial charge in [-0.1, -0.05) is 17.3 Å². The number of aromatic nitrogens is 1. The molecule has 152 valence electrons. The summed E-state index contributed by atoms with van der Waals surface area (Å²) in [6, 6.07) is 7.26. The smallest absolute Gasteiger partial charge is 0.252 e. The van der Waals surface area contributed by atoms with Crippen LogP contribution in [0.5, 0.6) is 0 Å². The molecule has 9 heteroatoms. The first-order valence-electron chi connectivity index (χ1n) is 9.15. The summed E-state index contributed by atoms with van der Waals surface area (Å²) in [5, 5.41) is 6.97. The lowest BCUT2D eigenvalue weighted by molar-refractivity contribution is 0.0918. The predicted molar refractivity (Wildman–Crippen MR) is 109 cm³/mol. The van der Waals surface area contributed by atoms with Crippen LogP contribution in [0.2, 0.25) is 0 Å². The molecule has 0 bridgehead atoms. The first kappa shape index (κ1) is 20.9. The van der Waals surface area contributed by atoms with Gasteiger partial charge in [0.05, 0.1) is 17.5 Å². The quantitative estimate of drug-likeness (QED) is 0.718. The predicted octanol–water partition coefficient (Wildman–Crippen LogP) is 2.74. The number of hydrogen-bond donors (Lipinski definition) is 1. The number of nitrogens with one attached hydrogen (secondary N) is 1. The third kappa shape index (κ3) is 4.95. The van der Waals surface area contributed by atoms with E-state index in [9.17, 15) is 13.2 Å². The van der Waals surface area contributed by atoms with Gasteiger partial charge in [0.25, 0.3) is 5.91 Å². The van der Waals surface area contributed by atoms with Gasteiger partial charge in [0.2, 0.25) is 10.0 Å². The van der Waals surface area contributed by atoms with Crippen molar-refractivity contribution < 1.29 is 17.7 Å². The zero-order valence-corrected chi connectivity index (χ0v) is 17.9. The number of benzene rings is 1. The number of carbonyl (C=O) groups excluding carboxylic acids is 1. The number of sulfonamides is 1. The van der Waals surface area contributed by atoms with Crippen LogP contribution in [0.15, 0.2) is 33.7 Å². The van der Waals surface area contributed by atoms with Gasteiger partial charge in [-0.2, -0.15) is 0 Å². The molecule has 1 aliphatic rings. The van der Waals surface area contributed by atoms with Crippen LogP contribution < -0.4 is 5.32 Å². The minimum atomic E-state index is -3.25. The van der Waals surface area contributed by atoms with Gasteiger partial charge in [0.1, 0.15) is 5.76 Å². The highest BCUT2D eigenvalue weighted by Gasteiger charge is 2.27. The van der Waals surface area contributed by atoms with E-state index >= 15 is 0 Å². The number of aryl methyl sites for hydroxylation is 2. The van der Waals surface area contributed by atoms with Crippen molar-refractivity contribution in [2.24, 2.45) is 0 Å². The molecule has 28 heavy (non-hydrogen) atoms. The molecule has 3 rings (SSSR count). The summed E-state index contributed by atoms with van der Waals surface area (Å²) in [4.78, 5) is 13.7. The second-order valence-electron chi connectivity index (χ2n) is 7.02. The number of carbonyl (C=O) groups is 1. The van der Waals surface area contributed by atoms with Gasteiger partial charge >= 0.3 is 0 Å². The molecule has 1 saturated heterocycles. The lowest BCUT2D eigenvalue weighted by Gasteiger charge is -2.31. The molecule has 0 radical (unpaired) electrons. The SMILES string of the molecule is Cc1noc(C)c1CSc1ccccc1C(=O)N[C@H]1CCCN(S(C)(=O)=O)C1. The number of hydrogen-bond acceptors (Lipinski definition) is 6. The molecule has 1 fully saturated rings.